The van der Waals surface area contributed by atoms with E-state index in [0.29, 0.717) is 0 Å². The summed E-state index contributed by atoms with van der Waals surface area (Å²) in [5.41, 5.74) is 0.492. The fourth-order valence-electron chi connectivity index (χ4n) is 0.771. The van der Waals surface area contributed by atoms with Gasteiger partial charge in [-0.3, -0.25) is 4.79 Å². The van der Waals surface area contributed by atoms with Crippen molar-refractivity contribution >= 4 is 28.4 Å². The van der Waals surface area contributed by atoms with Crippen molar-refractivity contribution in [3.8, 4) is 0 Å². The minimum absolute atomic E-state index is 0.221. The predicted octanol–water partition coefficient (Wildman–Crippen LogP) is 2.26. The van der Waals surface area contributed by atoms with E-state index in [4.69, 9.17) is 28.3 Å². The second-order valence-electron chi connectivity index (χ2n) is 1.92. The Balaban J connectivity index is 3.05. The summed E-state index contributed by atoms with van der Waals surface area (Å²) in [4.78, 5) is 10.6. The molecule has 0 aromatic rings. The summed E-state index contributed by atoms with van der Waals surface area (Å²) in [5.74, 6) is 0. The minimum atomic E-state index is -0.628. The molecule has 1 rings (SSSR count). The number of carbonyl (C=O) groups is 1. The lowest BCUT2D eigenvalue weighted by molar-refractivity contribution is -0.108. The van der Waals surface area contributed by atoms with Crippen molar-refractivity contribution in [1.29, 1.82) is 0 Å². The Bertz CT molecular complexity index is 283. The SMILES string of the molecule is O=C(Cl)C1=CC=C/C1=C(\O)Cl. The van der Waals surface area contributed by atoms with E-state index in [0.717, 1.165) is 0 Å². The first-order valence-corrected chi connectivity index (χ1v) is 3.56. The lowest BCUT2D eigenvalue weighted by atomic mass is 10.2. The molecule has 0 bridgehead atoms. The average molecular weight is 191 g/mol. The number of hydrogen-bond donors (Lipinski definition) is 1. The molecule has 0 unspecified atom stereocenters. The van der Waals surface area contributed by atoms with Gasteiger partial charge in [0, 0.05) is 11.1 Å². The number of aliphatic hydroxyl groups excluding tert-OH is 1. The smallest absolute Gasteiger partial charge is 0.253 e. The highest BCUT2D eigenvalue weighted by Crippen LogP contribution is 2.24. The van der Waals surface area contributed by atoms with Crippen molar-refractivity contribution in [2.75, 3.05) is 0 Å². The summed E-state index contributed by atoms with van der Waals surface area (Å²) in [7, 11) is 0. The van der Waals surface area contributed by atoms with E-state index in [1.165, 1.54) is 12.2 Å². The Morgan fingerprint density at radius 1 is 1.45 bits per heavy atom. The largest absolute Gasteiger partial charge is 0.498 e. The van der Waals surface area contributed by atoms with E-state index in [1.807, 2.05) is 0 Å². The third kappa shape index (κ3) is 1.64. The van der Waals surface area contributed by atoms with Gasteiger partial charge in [0.2, 0.25) is 0 Å². The van der Waals surface area contributed by atoms with Crippen LogP contribution in [0.3, 0.4) is 0 Å². The third-order valence-corrected chi connectivity index (χ3v) is 1.66. The van der Waals surface area contributed by atoms with E-state index in [9.17, 15) is 4.79 Å². The first-order valence-electron chi connectivity index (χ1n) is 2.80. The van der Waals surface area contributed by atoms with Crippen LogP contribution in [0.4, 0.5) is 0 Å². The van der Waals surface area contributed by atoms with Gasteiger partial charge in [-0.05, 0) is 35.4 Å². The molecule has 1 aliphatic carbocycles. The van der Waals surface area contributed by atoms with Gasteiger partial charge in [-0.15, -0.1) is 0 Å². The highest BCUT2D eigenvalue weighted by atomic mass is 35.5. The lowest BCUT2D eigenvalue weighted by Crippen LogP contribution is -1.94. The van der Waals surface area contributed by atoms with Crippen LogP contribution < -0.4 is 0 Å². The molecule has 0 aliphatic heterocycles. The normalized spacial score (nSPS) is 20.0. The Morgan fingerprint density at radius 2 is 2.09 bits per heavy atom. The third-order valence-electron chi connectivity index (χ3n) is 1.25. The van der Waals surface area contributed by atoms with Gasteiger partial charge in [-0.1, -0.05) is 6.08 Å². The van der Waals surface area contributed by atoms with Crippen LogP contribution in [0, 0.1) is 0 Å². The summed E-state index contributed by atoms with van der Waals surface area (Å²) in [6, 6.07) is 0. The Kier molecular flexibility index (Phi) is 2.37. The molecule has 0 aromatic carbocycles. The van der Waals surface area contributed by atoms with Gasteiger partial charge in [-0.2, -0.15) is 0 Å². The summed E-state index contributed by atoms with van der Waals surface area (Å²) < 4.78 is 0. The molecule has 0 atom stereocenters. The molecule has 0 amide bonds. The first kappa shape index (κ1) is 8.37. The number of allylic oxidation sites excluding steroid dienone is 5. The van der Waals surface area contributed by atoms with Gasteiger partial charge in [0.25, 0.3) is 5.24 Å². The zero-order valence-electron chi connectivity index (χ0n) is 5.34. The molecule has 0 spiro atoms. The zero-order valence-corrected chi connectivity index (χ0v) is 6.86. The quantitative estimate of drug-likeness (QED) is 0.509. The maximum atomic E-state index is 10.6. The molecule has 4 heteroatoms. The predicted molar refractivity (Wildman–Crippen MR) is 43.6 cm³/mol. The van der Waals surface area contributed by atoms with Crippen LogP contribution in [-0.4, -0.2) is 10.3 Å². The van der Waals surface area contributed by atoms with Crippen LogP contribution in [-0.2, 0) is 4.79 Å². The van der Waals surface area contributed by atoms with Crippen LogP contribution >= 0.6 is 23.2 Å². The second-order valence-corrected chi connectivity index (χ2v) is 2.62. The molecule has 0 saturated carbocycles. The molecule has 0 fully saturated rings. The zero-order chi connectivity index (χ0) is 8.43. The van der Waals surface area contributed by atoms with Crippen molar-refractivity contribution < 1.29 is 9.90 Å². The number of carbonyl (C=O) groups excluding carboxylic acids is 1. The highest BCUT2D eigenvalue weighted by molar-refractivity contribution is 6.68. The topological polar surface area (TPSA) is 37.3 Å². The maximum Gasteiger partial charge on any atom is 0.253 e. The molecular weight excluding hydrogens is 187 g/mol. The van der Waals surface area contributed by atoms with E-state index in [1.54, 1.807) is 6.08 Å². The molecule has 0 aromatic heterocycles. The summed E-state index contributed by atoms with van der Waals surface area (Å²) in [5, 5.41) is 7.77. The molecule has 58 valence electrons. The first-order chi connectivity index (χ1) is 5.13. The monoisotopic (exact) mass is 190 g/mol. The molecule has 0 saturated heterocycles. The molecule has 11 heavy (non-hydrogen) atoms. The van der Waals surface area contributed by atoms with Crippen molar-refractivity contribution in [2.24, 2.45) is 0 Å². The molecule has 0 radical (unpaired) electrons. The standard InChI is InChI=1S/C7H4Cl2O2/c8-6(10)4-2-1-3-5(4)7(9)11/h1-3,10H/b6-4+. The fraction of sp³-hybridized carbons (Fsp3) is 0. The molecule has 2 nitrogen and oxygen atoms in total. The van der Waals surface area contributed by atoms with Crippen molar-refractivity contribution in [3.05, 3.63) is 34.6 Å². The second kappa shape index (κ2) is 3.11. The van der Waals surface area contributed by atoms with E-state index in [-0.39, 0.29) is 11.1 Å². The number of aliphatic hydroxyl groups is 1. The van der Waals surface area contributed by atoms with E-state index < -0.39 is 10.5 Å². The van der Waals surface area contributed by atoms with Crippen molar-refractivity contribution in [3.63, 3.8) is 0 Å². The van der Waals surface area contributed by atoms with Crippen LogP contribution in [0.2, 0.25) is 0 Å². The molecule has 1 aliphatic rings. The summed E-state index contributed by atoms with van der Waals surface area (Å²) in [6.45, 7) is 0. The number of halogens is 2. The van der Waals surface area contributed by atoms with Crippen LogP contribution in [0.25, 0.3) is 0 Å². The van der Waals surface area contributed by atoms with E-state index >= 15 is 0 Å². The van der Waals surface area contributed by atoms with Crippen LogP contribution in [0.15, 0.2) is 34.6 Å². The van der Waals surface area contributed by atoms with Gasteiger partial charge in [0.05, 0.1) is 0 Å². The lowest BCUT2D eigenvalue weighted by Gasteiger charge is -1.96. The summed E-state index contributed by atoms with van der Waals surface area (Å²) in [6.07, 6.45) is 4.59. The number of hydrogen-bond acceptors (Lipinski definition) is 2. The Labute approximate surface area is 73.4 Å². The fourth-order valence-corrected chi connectivity index (χ4v) is 1.10. The minimum Gasteiger partial charge on any atom is -0.498 e. The van der Waals surface area contributed by atoms with Crippen LogP contribution in [0.1, 0.15) is 0 Å². The Hall–Kier alpha value is -0.730. The molecule has 1 N–H and O–H groups in total. The number of rotatable bonds is 1. The van der Waals surface area contributed by atoms with Crippen molar-refractivity contribution in [1.82, 2.24) is 0 Å². The Morgan fingerprint density at radius 3 is 2.45 bits per heavy atom. The summed E-state index contributed by atoms with van der Waals surface area (Å²) >= 11 is 10.4. The molecule has 0 heterocycles. The van der Waals surface area contributed by atoms with Gasteiger partial charge >= 0.3 is 0 Å². The van der Waals surface area contributed by atoms with E-state index in [2.05, 4.69) is 0 Å². The maximum absolute atomic E-state index is 10.6. The highest BCUT2D eigenvalue weighted by Gasteiger charge is 2.16. The van der Waals surface area contributed by atoms with Gasteiger partial charge < -0.3 is 5.11 Å². The van der Waals surface area contributed by atoms with Gasteiger partial charge in [-0.25, -0.2) is 0 Å². The van der Waals surface area contributed by atoms with Gasteiger partial charge in [0.15, 0.2) is 5.22 Å². The average Bonchev–Trinajstić information content (AvgIpc) is 2.32. The van der Waals surface area contributed by atoms with Gasteiger partial charge in [0.1, 0.15) is 0 Å². The van der Waals surface area contributed by atoms with Crippen LogP contribution in [0.5, 0.6) is 0 Å². The molecular formula is C7H4Cl2O2. The van der Waals surface area contributed by atoms with Crippen molar-refractivity contribution in [2.45, 2.75) is 0 Å².